The molecular formula is C21H21Cl2N5O3S. The summed E-state index contributed by atoms with van der Waals surface area (Å²) >= 11 is 13.6. The minimum Gasteiger partial charge on any atom is -0.496 e. The molecule has 0 bridgehead atoms. The van der Waals surface area contributed by atoms with Gasteiger partial charge in [-0.2, -0.15) is 0 Å². The van der Waals surface area contributed by atoms with Crippen LogP contribution in [-0.4, -0.2) is 42.6 Å². The fourth-order valence-electron chi connectivity index (χ4n) is 3.48. The molecule has 168 valence electrons. The zero-order valence-corrected chi connectivity index (χ0v) is 19.4. The number of amidine groups is 1. The van der Waals surface area contributed by atoms with E-state index in [1.165, 1.54) is 16.7 Å². The van der Waals surface area contributed by atoms with E-state index < -0.39 is 6.17 Å². The molecule has 2 atom stereocenters. The molecule has 1 saturated heterocycles. The summed E-state index contributed by atoms with van der Waals surface area (Å²) in [5.74, 6) is 0.0670. The van der Waals surface area contributed by atoms with Crippen LogP contribution in [0.3, 0.4) is 0 Å². The highest BCUT2D eigenvalue weighted by Crippen LogP contribution is 2.35. The van der Waals surface area contributed by atoms with Crippen molar-refractivity contribution in [2.24, 2.45) is 10.9 Å². The number of methoxy groups -OCH3 is 1. The zero-order valence-electron chi connectivity index (χ0n) is 17.1. The zero-order chi connectivity index (χ0) is 22.7. The van der Waals surface area contributed by atoms with Crippen molar-refractivity contribution in [3.63, 3.8) is 0 Å². The molecule has 0 aromatic heterocycles. The molecule has 0 spiro atoms. The van der Waals surface area contributed by atoms with Crippen molar-refractivity contribution in [1.82, 2.24) is 16.2 Å². The van der Waals surface area contributed by atoms with Crippen molar-refractivity contribution >= 4 is 57.6 Å². The van der Waals surface area contributed by atoms with Gasteiger partial charge in [0.25, 0.3) is 0 Å². The van der Waals surface area contributed by atoms with Crippen LogP contribution in [0.2, 0.25) is 10.0 Å². The van der Waals surface area contributed by atoms with Crippen LogP contribution in [0.15, 0.2) is 47.5 Å². The van der Waals surface area contributed by atoms with E-state index in [0.29, 0.717) is 39.7 Å². The fourth-order valence-corrected chi connectivity index (χ4v) is 4.84. The topological polar surface area (TPSA) is 95.1 Å². The summed E-state index contributed by atoms with van der Waals surface area (Å²) < 4.78 is 5.31. The molecule has 2 aliphatic heterocycles. The number of fused-ring (bicyclic) bond motifs is 1. The van der Waals surface area contributed by atoms with Crippen LogP contribution < -0.4 is 25.8 Å². The summed E-state index contributed by atoms with van der Waals surface area (Å²) in [4.78, 5) is 31.9. The van der Waals surface area contributed by atoms with Crippen molar-refractivity contribution in [3.05, 3.63) is 58.1 Å². The van der Waals surface area contributed by atoms with Crippen molar-refractivity contribution in [3.8, 4) is 5.75 Å². The summed E-state index contributed by atoms with van der Waals surface area (Å²) in [5, 5.41) is 4.06. The third-order valence-electron chi connectivity index (χ3n) is 5.08. The molecule has 11 heteroatoms. The van der Waals surface area contributed by atoms with Gasteiger partial charge in [-0.05, 0) is 24.3 Å². The summed E-state index contributed by atoms with van der Waals surface area (Å²) in [5.41, 5.74) is 7.31. The van der Waals surface area contributed by atoms with Crippen LogP contribution in [-0.2, 0) is 16.1 Å². The third-order valence-corrected chi connectivity index (χ3v) is 6.57. The normalized spacial score (nSPS) is 20.0. The number of thioether (sulfide) groups is 1. The number of amides is 2. The lowest BCUT2D eigenvalue weighted by Crippen LogP contribution is -2.49. The van der Waals surface area contributed by atoms with Crippen molar-refractivity contribution in [2.75, 3.05) is 24.3 Å². The number of anilines is 1. The van der Waals surface area contributed by atoms with E-state index in [2.05, 4.69) is 21.2 Å². The number of aliphatic imine (C=N–C) groups is 1. The fraction of sp³-hybridized carbons (Fsp3) is 0.286. The molecule has 8 nitrogen and oxygen atoms in total. The van der Waals surface area contributed by atoms with Crippen LogP contribution in [0.5, 0.6) is 5.75 Å². The van der Waals surface area contributed by atoms with Crippen LogP contribution in [0.25, 0.3) is 0 Å². The number of hydrogen-bond donors (Lipinski definition) is 3. The van der Waals surface area contributed by atoms with Crippen LogP contribution in [0, 0.1) is 5.92 Å². The molecule has 0 aliphatic carbocycles. The van der Waals surface area contributed by atoms with Gasteiger partial charge in [-0.3, -0.25) is 19.9 Å². The van der Waals surface area contributed by atoms with Gasteiger partial charge < -0.3 is 10.1 Å². The van der Waals surface area contributed by atoms with Gasteiger partial charge in [0.15, 0.2) is 5.17 Å². The second-order valence-corrected chi connectivity index (χ2v) is 8.92. The lowest BCUT2D eigenvalue weighted by molar-refractivity contribution is -0.121. The first kappa shape index (κ1) is 22.9. The minimum absolute atomic E-state index is 0.0772. The number of nitrogens with zero attached hydrogens (tertiary/aromatic N) is 2. The molecule has 1 fully saturated rings. The van der Waals surface area contributed by atoms with Gasteiger partial charge in [0.05, 0.1) is 29.5 Å². The first-order valence-corrected chi connectivity index (χ1v) is 11.6. The van der Waals surface area contributed by atoms with E-state index in [4.69, 9.17) is 27.9 Å². The second-order valence-electron chi connectivity index (χ2n) is 7.13. The van der Waals surface area contributed by atoms with Gasteiger partial charge >= 0.3 is 0 Å². The summed E-state index contributed by atoms with van der Waals surface area (Å²) in [6.07, 6.45) is -0.399. The van der Waals surface area contributed by atoms with Gasteiger partial charge in [0.1, 0.15) is 11.9 Å². The van der Waals surface area contributed by atoms with E-state index in [1.54, 1.807) is 25.3 Å². The highest BCUT2D eigenvalue weighted by atomic mass is 35.5. The maximum atomic E-state index is 13.2. The molecule has 0 saturated carbocycles. The molecule has 4 rings (SSSR count). The monoisotopic (exact) mass is 493 g/mol. The standard InChI is InChI=1S/C21H21Cl2N5O3S/c1-31-17-5-3-2-4-12(17)9-24-18(29)11-32-21-26-19-14(10-25-27-19)20(30)28(21)16-7-6-13(22)8-15(16)23/h2-8,14,19,25,27H,9-11H2,1H3,(H,24,29). The highest BCUT2D eigenvalue weighted by molar-refractivity contribution is 8.14. The van der Waals surface area contributed by atoms with Crippen LogP contribution >= 0.6 is 35.0 Å². The Morgan fingerprint density at radius 3 is 2.91 bits per heavy atom. The van der Waals surface area contributed by atoms with Gasteiger partial charge in [-0.15, -0.1) is 0 Å². The Labute approximate surface area is 199 Å². The highest BCUT2D eigenvalue weighted by Gasteiger charge is 2.42. The average Bonchev–Trinajstić information content (AvgIpc) is 3.26. The molecule has 2 aliphatic rings. The molecule has 2 aromatic carbocycles. The smallest absolute Gasteiger partial charge is 0.241 e. The number of nitrogens with one attached hydrogen (secondary N) is 3. The molecular weight excluding hydrogens is 473 g/mol. The first-order chi connectivity index (χ1) is 15.5. The number of rotatable bonds is 6. The minimum atomic E-state index is -0.399. The summed E-state index contributed by atoms with van der Waals surface area (Å²) in [7, 11) is 1.59. The van der Waals surface area contributed by atoms with E-state index in [0.717, 1.165) is 5.56 Å². The van der Waals surface area contributed by atoms with E-state index in [1.807, 2.05) is 24.3 Å². The maximum Gasteiger partial charge on any atom is 0.241 e. The molecule has 2 aromatic rings. The van der Waals surface area contributed by atoms with Gasteiger partial charge in [0, 0.05) is 23.7 Å². The number of benzene rings is 2. The summed E-state index contributed by atoms with van der Waals surface area (Å²) in [6, 6.07) is 12.4. The number of para-hydroxylation sites is 1. The predicted molar refractivity (Wildman–Crippen MR) is 127 cm³/mol. The quantitative estimate of drug-likeness (QED) is 0.572. The molecule has 2 unspecified atom stereocenters. The number of ether oxygens (including phenoxy) is 1. The van der Waals surface area contributed by atoms with Crippen molar-refractivity contribution in [2.45, 2.75) is 12.7 Å². The molecule has 32 heavy (non-hydrogen) atoms. The Morgan fingerprint density at radius 2 is 2.12 bits per heavy atom. The summed E-state index contributed by atoms with van der Waals surface area (Å²) in [6.45, 7) is 0.782. The average molecular weight is 494 g/mol. The Hall–Kier alpha value is -2.30. The lowest BCUT2D eigenvalue weighted by atomic mass is 10.0. The second kappa shape index (κ2) is 10.1. The molecule has 2 amide bonds. The van der Waals surface area contributed by atoms with E-state index in [-0.39, 0.29) is 23.5 Å². The number of hydrogen-bond acceptors (Lipinski definition) is 7. The lowest BCUT2D eigenvalue weighted by Gasteiger charge is -2.32. The Balaban J connectivity index is 1.48. The first-order valence-electron chi connectivity index (χ1n) is 9.84. The maximum absolute atomic E-state index is 13.2. The Bertz CT molecular complexity index is 1070. The largest absolute Gasteiger partial charge is 0.496 e. The molecule has 2 heterocycles. The van der Waals surface area contributed by atoms with Gasteiger partial charge in [-0.25, -0.2) is 10.4 Å². The number of hydrazine groups is 1. The molecule has 3 N–H and O–H groups in total. The predicted octanol–water partition coefficient (Wildman–Crippen LogP) is 2.80. The Kier molecular flexibility index (Phi) is 7.22. The van der Waals surface area contributed by atoms with Crippen LogP contribution in [0.1, 0.15) is 5.56 Å². The van der Waals surface area contributed by atoms with Crippen LogP contribution in [0.4, 0.5) is 5.69 Å². The molecule has 0 radical (unpaired) electrons. The third kappa shape index (κ3) is 4.87. The van der Waals surface area contributed by atoms with Crippen molar-refractivity contribution < 1.29 is 14.3 Å². The number of carbonyl (C=O) groups excluding carboxylic acids is 2. The number of carbonyl (C=O) groups is 2. The van der Waals surface area contributed by atoms with Gasteiger partial charge in [0.2, 0.25) is 11.8 Å². The Morgan fingerprint density at radius 1 is 1.31 bits per heavy atom. The SMILES string of the molecule is COc1ccccc1CNC(=O)CSC1=NC2NNCC2C(=O)N1c1ccc(Cl)cc1Cl. The van der Waals surface area contributed by atoms with E-state index in [9.17, 15) is 9.59 Å². The van der Waals surface area contributed by atoms with E-state index >= 15 is 0 Å². The van der Waals surface area contributed by atoms with Gasteiger partial charge in [-0.1, -0.05) is 53.2 Å². The van der Waals surface area contributed by atoms with Crippen molar-refractivity contribution in [1.29, 1.82) is 0 Å². The number of halogens is 2.